The molecule has 0 saturated carbocycles. The summed E-state index contributed by atoms with van der Waals surface area (Å²) in [5.41, 5.74) is 5.73. The van der Waals surface area contributed by atoms with E-state index in [1.54, 1.807) is 32.2 Å². The van der Waals surface area contributed by atoms with Gasteiger partial charge in [-0.1, -0.05) is 23.2 Å². The van der Waals surface area contributed by atoms with E-state index in [-0.39, 0.29) is 12.5 Å². The summed E-state index contributed by atoms with van der Waals surface area (Å²) < 4.78 is 0. The average Bonchev–Trinajstić information content (AvgIpc) is 2.32. The van der Waals surface area contributed by atoms with Crippen molar-refractivity contribution in [3.63, 3.8) is 0 Å². The van der Waals surface area contributed by atoms with Crippen LogP contribution in [0.15, 0.2) is 18.2 Å². The van der Waals surface area contributed by atoms with Gasteiger partial charge in [-0.25, -0.2) is 0 Å². The van der Waals surface area contributed by atoms with Gasteiger partial charge in [-0.15, -0.1) is 0 Å². The number of carbonyl (C=O) groups excluding carboxylic acids is 2. The van der Waals surface area contributed by atoms with Crippen molar-refractivity contribution in [2.75, 3.05) is 18.9 Å². The van der Waals surface area contributed by atoms with E-state index in [0.29, 0.717) is 20.6 Å². The Morgan fingerprint density at radius 1 is 1.37 bits per heavy atom. The number of hydrogen-bond acceptors (Lipinski definition) is 2. The van der Waals surface area contributed by atoms with Crippen LogP contribution in [0, 0.1) is 0 Å². The van der Waals surface area contributed by atoms with Gasteiger partial charge >= 0.3 is 0 Å². The molecule has 0 aliphatic carbocycles. The zero-order valence-corrected chi connectivity index (χ0v) is 12.2. The summed E-state index contributed by atoms with van der Waals surface area (Å²) in [6, 6.07) is 4.38. The number of halogens is 2. The maximum absolute atomic E-state index is 11.8. The van der Waals surface area contributed by atoms with Gasteiger partial charge in [0.25, 0.3) is 11.8 Å². The second-order valence-electron chi connectivity index (χ2n) is 4.32. The second kappa shape index (κ2) is 6.75. The van der Waals surface area contributed by atoms with Gasteiger partial charge in [0.15, 0.2) is 12.6 Å². The summed E-state index contributed by atoms with van der Waals surface area (Å²) in [7, 11) is 1.73. The molecule has 0 spiro atoms. The summed E-state index contributed by atoms with van der Waals surface area (Å²) in [4.78, 5) is 23.5. The monoisotopic (exact) mass is 304 g/mol. The fourth-order valence-corrected chi connectivity index (χ4v) is 1.73. The summed E-state index contributed by atoms with van der Waals surface area (Å²) in [5, 5.41) is 3.47. The molecule has 0 saturated heterocycles. The molecule has 1 unspecified atom stereocenters. The molecule has 4 N–H and O–H groups in total. The van der Waals surface area contributed by atoms with E-state index in [1.807, 2.05) is 0 Å². The molecule has 104 valence electrons. The van der Waals surface area contributed by atoms with E-state index in [1.165, 1.54) is 0 Å². The highest BCUT2D eigenvalue weighted by Gasteiger charge is 2.21. The third-order valence-electron chi connectivity index (χ3n) is 2.81. The van der Waals surface area contributed by atoms with Crippen LogP contribution in [-0.2, 0) is 9.59 Å². The van der Waals surface area contributed by atoms with Gasteiger partial charge in [-0.05, 0) is 25.1 Å². The minimum Gasteiger partial charge on any atom is -0.365 e. The Hall–Kier alpha value is -1.30. The third-order valence-corrected chi connectivity index (χ3v) is 3.55. The maximum Gasteiger partial charge on any atom is 0.279 e. The molecule has 0 heterocycles. The standard InChI is InChI=1S/C12H15Cl2N3O2/c1-7(12(15)19)17(2)6-11(18)16-8-3-4-9(13)10(14)5-8/h3-5,7H,6H2,1-2H3,(H2,15,19)(H,16,18)/p+1/t7-/m1/s1. The third kappa shape index (κ3) is 4.70. The van der Waals surface area contributed by atoms with E-state index in [0.717, 1.165) is 0 Å². The van der Waals surface area contributed by atoms with Crippen LogP contribution in [0.4, 0.5) is 5.69 Å². The molecule has 7 heteroatoms. The SMILES string of the molecule is C[C@H](C(N)=O)[NH+](C)CC(=O)Nc1ccc(Cl)c(Cl)c1. The van der Waals surface area contributed by atoms with Crippen molar-refractivity contribution in [3.8, 4) is 0 Å². The summed E-state index contributed by atoms with van der Waals surface area (Å²) in [5.74, 6) is -0.677. The predicted molar refractivity (Wildman–Crippen MR) is 75.5 cm³/mol. The number of hydrogen-bond donors (Lipinski definition) is 3. The zero-order valence-electron chi connectivity index (χ0n) is 10.7. The van der Waals surface area contributed by atoms with E-state index in [9.17, 15) is 9.59 Å². The predicted octanol–water partition coefficient (Wildman–Crippen LogP) is 0.320. The van der Waals surface area contributed by atoms with Crippen LogP contribution in [-0.4, -0.2) is 31.4 Å². The molecular formula is C12H16Cl2N3O2+. The van der Waals surface area contributed by atoms with Gasteiger partial charge in [0, 0.05) is 5.69 Å². The first kappa shape index (κ1) is 15.8. The second-order valence-corrected chi connectivity index (χ2v) is 5.14. The Balaban J connectivity index is 2.60. The lowest BCUT2D eigenvalue weighted by Crippen LogP contribution is -3.15. The van der Waals surface area contributed by atoms with Gasteiger partial charge in [0.2, 0.25) is 0 Å². The van der Waals surface area contributed by atoms with Gasteiger partial charge in [-0.2, -0.15) is 0 Å². The lowest BCUT2D eigenvalue weighted by atomic mass is 10.2. The topological polar surface area (TPSA) is 76.6 Å². The van der Waals surface area contributed by atoms with Crippen LogP contribution in [0.3, 0.4) is 0 Å². The molecule has 1 rings (SSSR count). The molecule has 0 aliphatic heterocycles. The molecule has 2 atom stereocenters. The molecule has 2 amide bonds. The number of likely N-dealkylation sites (N-methyl/N-ethyl adjacent to an activating group) is 1. The Kier molecular flexibility index (Phi) is 5.60. The van der Waals surface area contributed by atoms with Crippen LogP contribution in [0.1, 0.15) is 6.92 Å². The highest BCUT2D eigenvalue weighted by Crippen LogP contribution is 2.24. The Morgan fingerprint density at radius 2 is 2.00 bits per heavy atom. The highest BCUT2D eigenvalue weighted by molar-refractivity contribution is 6.42. The van der Waals surface area contributed by atoms with Crippen LogP contribution in [0.2, 0.25) is 10.0 Å². The number of quaternary nitrogens is 1. The van der Waals surface area contributed by atoms with Crippen molar-refractivity contribution >= 4 is 40.7 Å². The lowest BCUT2D eigenvalue weighted by Gasteiger charge is -2.18. The quantitative estimate of drug-likeness (QED) is 0.733. The number of amides is 2. The van der Waals surface area contributed by atoms with E-state index >= 15 is 0 Å². The van der Waals surface area contributed by atoms with E-state index in [4.69, 9.17) is 28.9 Å². The Labute approximate surface area is 121 Å². The maximum atomic E-state index is 11.8. The number of primary amides is 1. The van der Waals surface area contributed by atoms with Crippen molar-refractivity contribution in [2.24, 2.45) is 5.73 Å². The van der Waals surface area contributed by atoms with Crippen LogP contribution in [0.5, 0.6) is 0 Å². The van der Waals surface area contributed by atoms with Crippen molar-refractivity contribution < 1.29 is 14.5 Å². The lowest BCUT2D eigenvalue weighted by molar-refractivity contribution is -0.885. The smallest absolute Gasteiger partial charge is 0.279 e. The Bertz CT molecular complexity index is 494. The Morgan fingerprint density at radius 3 is 2.53 bits per heavy atom. The molecule has 5 nitrogen and oxygen atoms in total. The van der Waals surface area contributed by atoms with Gasteiger partial charge in [0.1, 0.15) is 0 Å². The summed E-state index contributed by atoms with van der Waals surface area (Å²) in [6.07, 6.45) is 0. The van der Waals surface area contributed by atoms with Crippen molar-refractivity contribution in [1.82, 2.24) is 0 Å². The van der Waals surface area contributed by atoms with Crippen molar-refractivity contribution in [3.05, 3.63) is 28.2 Å². The molecule has 0 aliphatic rings. The van der Waals surface area contributed by atoms with Crippen LogP contribution >= 0.6 is 23.2 Å². The first-order valence-corrected chi connectivity index (χ1v) is 6.43. The molecular weight excluding hydrogens is 289 g/mol. The van der Waals surface area contributed by atoms with E-state index < -0.39 is 11.9 Å². The minimum absolute atomic E-state index is 0.129. The van der Waals surface area contributed by atoms with Crippen LogP contribution in [0.25, 0.3) is 0 Å². The highest BCUT2D eigenvalue weighted by atomic mass is 35.5. The van der Waals surface area contributed by atoms with Gasteiger partial charge in [-0.3, -0.25) is 9.59 Å². The first-order chi connectivity index (χ1) is 8.81. The number of anilines is 1. The molecule has 0 aromatic heterocycles. The molecule has 1 aromatic rings. The van der Waals surface area contributed by atoms with Crippen molar-refractivity contribution in [1.29, 1.82) is 0 Å². The molecule has 0 radical (unpaired) electrons. The van der Waals surface area contributed by atoms with Gasteiger partial charge < -0.3 is 16.0 Å². The van der Waals surface area contributed by atoms with Gasteiger partial charge in [0.05, 0.1) is 17.1 Å². The molecule has 1 aromatic carbocycles. The zero-order chi connectivity index (χ0) is 14.6. The molecule has 0 fully saturated rings. The summed E-state index contributed by atoms with van der Waals surface area (Å²) >= 11 is 11.6. The molecule has 19 heavy (non-hydrogen) atoms. The van der Waals surface area contributed by atoms with Crippen LogP contribution < -0.4 is 16.0 Å². The largest absolute Gasteiger partial charge is 0.365 e. The molecule has 0 bridgehead atoms. The fraction of sp³-hybridized carbons (Fsp3) is 0.333. The number of rotatable bonds is 5. The number of nitrogens with one attached hydrogen (secondary N) is 2. The number of benzene rings is 1. The summed E-state index contributed by atoms with van der Waals surface area (Å²) in [6.45, 7) is 1.80. The van der Waals surface area contributed by atoms with Crippen molar-refractivity contribution in [2.45, 2.75) is 13.0 Å². The number of carbonyl (C=O) groups is 2. The van der Waals surface area contributed by atoms with E-state index in [2.05, 4.69) is 5.32 Å². The number of nitrogens with two attached hydrogens (primary N) is 1. The average molecular weight is 305 g/mol. The fourth-order valence-electron chi connectivity index (χ4n) is 1.43. The first-order valence-electron chi connectivity index (χ1n) is 5.67. The normalized spacial score (nSPS) is 13.7. The minimum atomic E-state index is -0.445.